The highest BCUT2D eigenvalue weighted by Crippen LogP contribution is 2.31. The fourth-order valence-electron chi connectivity index (χ4n) is 2.39. The molecule has 0 aliphatic carbocycles. The summed E-state index contributed by atoms with van der Waals surface area (Å²) in [6, 6.07) is 7.97. The van der Waals surface area contributed by atoms with Crippen molar-refractivity contribution in [1.82, 2.24) is 10.3 Å². The lowest BCUT2D eigenvalue weighted by Crippen LogP contribution is -2.26. The van der Waals surface area contributed by atoms with Gasteiger partial charge in [-0.3, -0.25) is 14.9 Å². The second kappa shape index (κ2) is 11.1. The summed E-state index contributed by atoms with van der Waals surface area (Å²) < 4.78 is 11.5. The number of anilines is 1. The number of nitrogens with one attached hydrogen (secondary N) is 2. The Morgan fingerprint density at radius 1 is 1.34 bits per heavy atom. The summed E-state index contributed by atoms with van der Waals surface area (Å²) in [4.78, 5) is 38.0. The van der Waals surface area contributed by atoms with E-state index in [-0.39, 0.29) is 12.4 Å². The van der Waals surface area contributed by atoms with Crippen LogP contribution in [0.3, 0.4) is 0 Å². The number of nitrogens with zero attached hydrogens (tertiary/aromatic N) is 2. The van der Waals surface area contributed by atoms with Crippen LogP contribution in [0.1, 0.15) is 5.76 Å². The van der Waals surface area contributed by atoms with Crippen LogP contribution >= 0.6 is 23.1 Å². The van der Waals surface area contributed by atoms with E-state index >= 15 is 0 Å². The van der Waals surface area contributed by atoms with Gasteiger partial charge in [0.2, 0.25) is 5.91 Å². The van der Waals surface area contributed by atoms with Gasteiger partial charge in [0.05, 0.1) is 16.3 Å². The number of hydrogen-bond acceptors (Lipinski definition) is 9. The molecule has 0 unspecified atom stereocenters. The largest absolute Gasteiger partial charge is 0.445 e. The van der Waals surface area contributed by atoms with Crippen molar-refractivity contribution in [2.45, 2.75) is 4.34 Å². The van der Waals surface area contributed by atoms with Crippen molar-refractivity contribution in [2.75, 3.05) is 24.2 Å². The summed E-state index contributed by atoms with van der Waals surface area (Å²) in [5.74, 6) is 0.0344. The molecular formula is C20H18N4O6S2. The molecule has 3 rings (SSSR count). The number of benzene rings is 1. The summed E-state index contributed by atoms with van der Waals surface area (Å²) in [5.41, 5.74) is 1.39. The number of carbonyl (C=O) groups is 2. The zero-order valence-electron chi connectivity index (χ0n) is 16.6. The minimum Gasteiger partial charge on any atom is -0.445 e. The van der Waals surface area contributed by atoms with Gasteiger partial charge in [-0.25, -0.2) is 9.78 Å². The molecule has 32 heavy (non-hydrogen) atoms. The first-order valence-corrected chi connectivity index (χ1v) is 11.0. The van der Waals surface area contributed by atoms with E-state index in [0.29, 0.717) is 18.0 Å². The molecule has 2 heterocycles. The molecule has 1 aromatic carbocycles. The molecular weight excluding hydrogens is 456 g/mol. The number of amides is 2. The fraction of sp³-hybridized carbons (Fsp3) is 0.150. The number of ether oxygens (including phenoxy) is 1. The molecule has 0 saturated carbocycles. The van der Waals surface area contributed by atoms with Crippen LogP contribution in [-0.2, 0) is 9.53 Å². The summed E-state index contributed by atoms with van der Waals surface area (Å²) in [6.07, 6.45) is 3.59. The lowest BCUT2D eigenvalue weighted by molar-refractivity contribution is -0.402. The number of nitro groups is 1. The van der Waals surface area contributed by atoms with Crippen LogP contribution in [0.2, 0.25) is 0 Å². The number of thioether (sulfide) groups is 1. The minimum absolute atomic E-state index is 0.164. The first kappa shape index (κ1) is 23.0. The Morgan fingerprint density at radius 3 is 2.94 bits per heavy atom. The standard InChI is InChI=1S/C20H18N4O6S2/c1-2-10-29-19(26)21-9-11-31-20-23-15-6-3-13(12-16(15)32-20)22-17(25)7-4-14-5-8-18(30-14)24(27)28/h2-8,12H,1,9-11H2,(H,21,26)(H,22,25)/b7-4+. The molecule has 166 valence electrons. The van der Waals surface area contributed by atoms with Gasteiger partial charge < -0.3 is 19.8 Å². The van der Waals surface area contributed by atoms with Crippen LogP contribution in [0.25, 0.3) is 16.3 Å². The number of furan rings is 1. The second-order valence-corrected chi connectivity index (χ2v) is 8.45. The van der Waals surface area contributed by atoms with Gasteiger partial charge in [-0.2, -0.15) is 0 Å². The quantitative estimate of drug-likeness (QED) is 0.110. The van der Waals surface area contributed by atoms with E-state index in [0.717, 1.165) is 14.6 Å². The maximum absolute atomic E-state index is 12.1. The van der Waals surface area contributed by atoms with Crippen LogP contribution in [0.15, 0.2) is 57.8 Å². The highest BCUT2D eigenvalue weighted by molar-refractivity contribution is 8.01. The van der Waals surface area contributed by atoms with Crippen LogP contribution in [0.4, 0.5) is 16.4 Å². The van der Waals surface area contributed by atoms with Gasteiger partial charge in [-0.15, -0.1) is 11.3 Å². The first-order valence-electron chi connectivity index (χ1n) is 9.23. The van der Waals surface area contributed by atoms with E-state index in [4.69, 9.17) is 9.15 Å². The number of carbonyl (C=O) groups excluding carboxylic acids is 2. The molecule has 2 aromatic heterocycles. The molecule has 0 radical (unpaired) electrons. The lowest BCUT2D eigenvalue weighted by atomic mass is 10.3. The van der Waals surface area contributed by atoms with E-state index in [1.54, 1.807) is 12.1 Å². The van der Waals surface area contributed by atoms with E-state index in [9.17, 15) is 19.7 Å². The maximum atomic E-state index is 12.1. The third-order valence-electron chi connectivity index (χ3n) is 3.76. The zero-order valence-corrected chi connectivity index (χ0v) is 18.2. The van der Waals surface area contributed by atoms with Gasteiger partial charge in [-0.05, 0) is 30.3 Å². The van der Waals surface area contributed by atoms with Crippen LogP contribution in [0, 0.1) is 10.1 Å². The summed E-state index contributed by atoms with van der Waals surface area (Å²) in [5, 5.41) is 16.0. The monoisotopic (exact) mass is 474 g/mol. The normalized spacial score (nSPS) is 10.9. The van der Waals surface area contributed by atoms with Gasteiger partial charge in [0.25, 0.3) is 0 Å². The Hall–Kier alpha value is -3.64. The molecule has 0 fully saturated rings. The highest BCUT2D eigenvalue weighted by atomic mass is 32.2. The highest BCUT2D eigenvalue weighted by Gasteiger charge is 2.11. The van der Waals surface area contributed by atoms with Crippen molar-refractivity contribution in [3.05, 3.63) is 64.9 Å². The molecule has 0 bridgehead atoms. The lowest BCUT2D eigenvalue weighted by Gasteiger charge is -2.03. The number of rotatable bonds is 10. The second-order valence-electron chi connectivity index (χ2n) is 6.08. The summed E-state index contributed by atoms with van der Waals surface area (Å²) in [6.45, 7) is 4.07. The SMILES string of the molecule is C=CCOC(=O)NCCSc1nc2ccc(NC(=O)/C=C/c3ccc([N+](=O)[O-])o3)cc2s1. The molecule has 12 heteroatoms. The van der Waals surface area contributed by atoms with Gasteiger partial charge in [0.1, 0.15) is 17.3 Å². The molecule has 3 aromatic rings. The summed E-state index contributed by atoms with van der Waals surface area (Å²) in [7, 11) is 0. The van der Waals surface area contributed by atoms with E-state index in [1.807, 2.05) is 6.07 Å². The van der Waals surface area contributed by atoms with Crippen molar-refractivity contribution in [3.8, 4) is 0 Å². The number of hydrogen-bond donors (Lipinski definition) is 2. The van der Waals surface area contributed by atoms with E-state index in [1.165, 1.54) is 53.5 Å². The van der Waals surface area contributed by atoms with Crippen LogP contribution in [0.5, 0.6) is 0 Å². The fourth-order valence-corrected chi connectivity index (χ4v) is 4.42. The minimum atomic E-state index is -0.650. The van der Waals surface area contributed by atoms with Crippen molar-refractivity contribution in [1.29, 1.82) is 0 Å². The van der Waals surface area contributed by atoms with Crippen molar-refractivity contribution in [3.63, 3.8) is 0 Å². The molecule has 0 spiro atoms. The molecule has 0 saturated heterocycles. The molecule has 2 amide bonds. The predicted octanol–water partition coefficient (Wildman–Crippen LogP) is 4.45. The Balaban J connectivity index is 1.52. The smallest absolute Gasteiger partial charge is 0.433 e. The third-order valence-corrected chi connectivity index (χ3v) is 5.92. The number of fused-ring (bicyclic) bond motifs is 1. The number of alkyl carbamates (subject to hydrolysis) is 1. The Bertz CT molecular complexity index is 1170. The zero-order chi connectivity index (χ0) is 22.9. The first-order chi connectivity index (χ1) is 15.4. The van der Waals surface area contributed by atoms with Crippen molar-refractivity contribution in [2.24, 2.45) is 0 Å². The van der Waals surface area contributed by atoms with Crippen LogP contribution in [-0.4, -0.2) is 40.8 Å². The molecule has 2 N–H and O–H groups in total. The third kappa shape index (κ3) is 6.68. The maximum Gasteiger partial charge on any atom is 0.433 e. The van der Waals surface area contributed by atoms with Gasteiger partial charge in [0.15, 0.2) is 4.34 Å². The van der Waals surface area contributed by atoms with Gasteiger partial charge in [0, 0.05) is 24.1 Å². The molecule has 10 nitrogen and oxygen atoms in total. The average molecular weight is 475 g/mol. The van der Waals surface area contributed by atoms with E-state index in [2.05, 4.69) is 22.2 Å². The van der Waals surface area contributed by atoms with Crippen LogP contribution < -0.4 is 10.6 Å². The Kier molecular flexibility index (Phi) is 8.00. The average Bonchev–Trinajstić information content (AvgIpc) is 3.40. The topological polar surface area (TPSA) is 137 Å². The Labute approximate surface area is 190 Å². The van der Waals surface area contributed by atoms with E-state index < -0.39 is 22.8 Å². The van der Waals surface area contributed by atoms with Gasteiger partial charge >= 0.3 is 12.0 Å². The Morgan fingerprint density at radius 2 is 2.19 bits per heavy atom. The molecule has 0 aliphatic rings. The predicted molar refractivity (Wildman–Crippen MR) is 123 cm³/mol. The number of aromatic nitrogens is 1. The van der Waals surface area contributed by atoms with Gasteiger partial charge in [-0.1, -0.05) is 24.4 Å². The van der Waals surface area contributed by atoms with Crippen molar-refractivity contribution >= 4 is 63.0 Å². The molecule has 0 aliphatic heterocycles. The van der Waals surface area contributed by atoms with Crippen molar-refractivity contribution < 1.29 is 23.7 Å². The molecule has 0 atom stereocenters. The number of thiazole rings is 1. The summed E-state index contributed by atoms with van der Waals surface area (Å²) >= 11 is 2.97.